The van der Waals surface area contributed by atoms with Crippen LogP contribution in [0.15, 0.2) is 30.3 Å². The molecular formula is C16H27Cl2N3O. The van der Waals surface area contributed by atoms with Crippen LogP contribution in [0, 0.1) is 0 Å². The monoisotopic (exact) mass is 347 g/mol. The van der Waals surface area contributed by atoms with E-state index < -0.39 is 0 Å². The fourth-order valence-electron chi connectivity index (χ4n) is 2.82. The Morgan fingerprint density at radius 3 is 2.50 bits per heavy atom. The number of amides is 1. The summed E-state index contributed by atoms with van der Waals surface area (Å²) in [7, 11) is 0. The van der Waals surface area contributed by atoms with Crippen molar-refractivity contribution in [3.8, 4) is 0 Å². The standard InChI is InChI=1S/C16H25N3O.2ClH/c1-2-15-13-18(11-9-17)10-8-16(20)19(15)12-14-6-4-3-5-7-14;;/h3-7,15H,2,8-13,17H2,1H3;2*1H. The third kappa shape index (κ3) is 5.76. The topological polar surface area (TPSA) is 49.6 Å². The molecule has 1 atom stereocenters. The Kier molecular flexibility index (Phi) is 10.4. The number of rotatable bonds is 5. The number of carbonyl (C=O) groups excluding carboxylic acids is 1. The van der Waals surface area contributed by atoms with Gasteiger partial charge in [0.1, 0.15) is 0 Å². The van der Waals surface area contributed by atoms with Gasteiger partial charge in [-0.15, -0.1) is 24.8 Å². The SMILES string of the molecule is CCC1CN(CCN)CCC(=O)N1Cc1ccccc1.Cl.Cl. The summed E-state index contributed by atoms with van der Waals surface area (Å²) in [6.45, 7) is 6.17. The molecule has 0 saturated carbocycles. The average Bonchev–Trinajstić information content (AvgIpc) is 2.62. The molecule has 0 bridgehead atoms. The normalized spacial score (nSPS) is 19.1. The number of nitrogens with zero attached hydrogens (tertiary/aromatic N) is 2. The fraction of sp³-hybridized carbons (Fsp3) is 0.562. The zero-order chi connectivity index (χ0) is 14.4. The van der Waals surface area contributed by atoms with Gasteiger partial charge in [-0.3, -0.25) is 9.69 Å². The first kappa shape index (κ1) is 21.2. The highest BCUT2D eigenvalue weighted by molar-refractivity contribution is 5.85. The Balaban J connectivity index is 0.00000220. The minimum Gasteiger partial charge on any atom is -0.334 e. The number of hydrogen-bond acceptors (Lipinski definition) is 3. The van der Waals surface area contributed by atoms with Gasteiger partial charge in [0.15, 0.2) is 0 Å². The predicted octanol–water partition coefficient (Wildman–Crippen LogP) is 2.30. The summed E-state index contributed by atoms with van der Waals surface area (Å²) < 4.78 is 0. The molecule has 1 unspecified atom stereocenters. The van der Waals surface area contributed by atoms with Crippen LogP contribution in [0.25, 0.3) is 0 Å². The fourth-order valence-corrected chi connectivity index (χ4v) is 2.82. The molecule has 0 radical (unpaired) electrons. The third-order valence-electron chi connectivity index (χ3n) is 3.98. The zero-order valence-electron chi connectivity index (χ0n) is 13.1. The van der Waals surface area contributed by atoms with E-state index in [2.05, 4.69) is 24.0 Å². The van der Waals surface area contributed by atoms with Crippen molar-refractivity contribution < 1.29 is 4.79 Å². The van der Waals surface area contributed by atoms with E-state index >= 15 is 0 Å². The van der Waals surface area contributed by atoms with Gasteiger partial charge in [-0.05, 0) is 12.0 Å². The second kappa shape index (κ2) is 10.8. The van der Waals surface area contributed by atoms with Crippen molar-refractivity contribution in [3.05, 3.63) is 35.9 Å². The van der Waals surface area contributed by atoms with Crippen LogP contribution in [0.1, 0.15) is 25.3 Å². The number of nitrogens with two attached hydrogens (primary N) is 1. The zero-order valence-corrected chi connectivity index (χ0v) is 14.7. The number of halogens is 2. The maximum Gasteiger partial charge on any atom is 0.224 e. The van der Waals surface area contributed by atoms with Crippen molar-refractivity contribution in [2.24, 2.45) is 5.73 Å². The van der Waals surface area contributed by atoms with Crippen LogP contribution in [0.3, 0.4) is 0 Å². The van der Waals surface area contributed by atoms with E-state index in [0.29, 0.717) is 19.5 Å². The summed E-state index contributed by atoms with van der Waals surface area (Å²) in [5, 5.41) is 0. The Bertz CT molecular complexity index is 431. The van der Waals surface area contributed by atoms with Gasteiger partial charge in [-0.1, -0.05) is 37.3 Å². The summed E-state index contributed by atoms with van der Waals surface area (Å²) in [4.78, 5) is 16.8. The van der Waals surface area contributed by atoms with Crippen LogP contribution < -0.4 is 5.73 Å². The van der Waals surface area contributed by atoms with E-state index in [9.17, 15) is 4.79 Å². The van der Waals surface area contributed by atoms with Crippen molar-refractivity contribution in [2.75, 3.05) is 26.2 Å². The molecule has 6 heteroatoms. The molecule has 22 heavy (non-hydrogen) atoms. The molecule has 1 saturated heterocycles. The van der Waals surface area contributed by atoms with Crippen LogP contribution in [0.2, 0.25) is 0 Å². The lowest BCUT2D eigenvalue weighted by Gasteiger charge is -2.31. The maximum atomic E-state index is 12.4. The molecule has 0 aromatic heterocycles. The van der Waals surface area contributed by atoms with E-state index in [1.807, 2.05) is 23.1 Å². The third-order valence-corrected chi connectivity index (χ3v) is 3.98. The number of hydrogen-bond donors (Lipinski definition) is 1. The van der Waals surface area contributed by atoms with Crippen LogP contribution in [0.5, 0.6) is 0 Å². The van der Waals surface area contributed by atoms with Crippen molar-refractivity contribution >= 4 is 30.7 Å². The number of carbonyl (C=O) groups is 1. The maximum absolute atomic E-state index is 12.4. The molecule has 2 rings (SSSR count). The van der Waals surface area contributed by atoms with Gasteiger partial charge in [0.25, 0.3) is 0 Å². The van der Waals surface area contributed by atoms with Crippen molar-refractivity contribution in [2.45, 2.75) is 32.4 Å². The van der Waals surface area contributed by atoms with E-state index in [0.717, 1.165) is 26.1 Å². The first-order chi connectivity index (χ1) is 9.74. The van der Waals surface area contributed by atoms with Gasteiger partial charge in [0.05, 0.1) is 0 Å². The van der Waals surface area contributed by atoms with E-state index in [1.165, 1.54) is 5.56 Å². The molecule has 1 amide bonds. The molecule has 1 fully saturated rings. The molecular weight excluding hydrogens is 321 g/mol. The molecule has 1 aromatic rings. The largest absolute Gasteiger partial charge is 0.334 e. The highest BCUT2D eigenvalue weighted by Gasteiger charge is 2.28. The highest BCUT2D eigenvalue weighted by Crippen LogP contribution is 2.17. The quantitative estimate of drug-likeness (QED) is 0.888. The average molecular weight is 348 g/mol. The Morgan fingerprint density at radius 2 is 1.91 bits per heavy atom. The molecule has 1 aromatic carbocycles. The second-order valence-electron chi connectivity index (χ2n) is 5.41. The predicted molar refractivity (Wildman–Crippen MR) is 95.7 cm³/mol. The summed E-state index contributed by atoms with van der Waals surface area (Å²) >= 11 is 0. The number of benzene rings is 1. The first-order valence-electron chi connectivity index (χ1n) is 7.50. The summed E-state index contributed by atoms with van der Waals surface area (Å²) in [5.74, 6) is 0.264. The van der Waals surface area contributed by atoms with Gasteiger partial charge in [0, 0.05) is 45.2 Å². The van der Waals surface area contributed by atoms with Crippen LogP contribution >= 0.6 is 24.8 Å². The van der Waals surface area contributed by atoms with Gasteiger partial charge < -0.3 is 10.6 Å². The highest BCUT2D eigenvalue weighted by atomic mass is 35.5. The second-order valence-corrected chi connectivity index (χ2v) is 5.41. The first-order valence-corrected chi connectivity index (χ1v) is 7.50. The lowest BCUT2D eigenvalue weighted by atomic mass is 10.1. The molecule has 1 aliphatic rings. The molecule has 1 heterocycles. The minimum absolute atomic E-state index is 0. The van der Waals surface area contributed by atoms with Gasteiger partial charge >= 0.3 is 0 Å². The summed E-state index contributed by atoms with van der Waals surface area (Å²) in [6.07, 6.45) is 1.59. The molecule has 0 aliphatic carbocycles. The van der Waals surface area contributed by atoms with Gasteiger partial charge in [-0.25, -0.2) is 0 Å². The van der Waals surface area contributed by atoms with E-state index in [4.69, 9.17) is 5.73 Å². The molecule has 0 spiro atoms. The van der Waals surface area contributed by atoms with Gasteiger partial charge in [-0.2, -0.15) is 0 Å². The molecule has 4 nitrogen and oxygen atoms in total. The van der Waals surface area contributed by atoms with Crippen LogP contribution in [0.4, 0.5) is 0 Å². The van der Waals surface area contributed by atoms with Crippen molar-refractivity contribution in [1.29, 1.82) is 0 Å². The molecule has 1 aliphatic heterocycles. The molecule has 2 N–H and O–H groups in total. The Hall–Kier alpha value is -0.810. The lowest BCUT2D eigenvalue weighted by molar-refractivity contribution is -0.133. The van der Waals surface area contributed by atoms with Gasteiger partial charge in [0.2, 0.25) is 5.91 Å². The van der Waals surface area contributed by atoms with Crippen molar-refractivity contribution in [3.63, 3.8) is 0 Å². The molecule has 126 valence electrons. The smallest absolute Gasteiger partial charge is 0.224 e. The van der Waals surface area contributed by atoms with Crippen LogP contribution in [-0.4, -0.2) is 47.9 Å². The van der Waals surface area contributed by atoms with E-state index in [-0.39, 0.29) is 36.8 Å². The van der Waals surface area contributed by atoms with E-state index in [1.54, 1.807) is 0 Å². The Morgan fingerprint density at radius 1 is 1.23 bits per heavy atom. The Labute approximate surface area is 145 Å². The van der Waals surface area contributed by atoms with Crippen LogP contribution in [-0.2, 0) is 11.3 Å². The lowest BCUT2D eigenvalue weighted by Crippen LogP contribution is -2.43. The minimum atomic E-state index is 0. The summed E-state index contributed by atoms with van der Waals surface area (Å²) in [6, 6.07) is 10.5. The van der Waals surface area contributed by atoms with Crippen molar-refractivity contribution in [1.82, 2.24) is 9.80 Å². The summed E-state index contributed by atoms with van der Waals surface area (Å²) in [5.41, 5.74) is 6.85.